The summed E-state index contributed by atoms with van der Waals surface area (Å²) in [4.78, 5) is 10.6. The SMILES string of the molecule is CC1=CC(=O)C=C(C)C1(C)C(Cl)Cl. The van der Waals surface area contributed by atoms with Gasteiger partial charge in [0.25, 0.3) is 0 Å². The minimum absolute atomic E-state index is 0.0152. The van der Waals surface area contributed by atoms with Crippen molar-refractivity contribution in [2.24, 2.45) is 5.41 Å². The van der Waals surface area contributed by atoms with Crippen molar-refractivity contribution in [1.29, 1.82) is 0 Å². The first-order chi connectivity index (χ1) is 5.89. The summed E-state index contributed by atoms with van der Waals surface area (Å²) in [5.41, 5.74) is 1.46. The van der Waals surface area contributed by atoms with Gasteiger partial charge in [-0.15, -0.1) is 23.2 Å². The second-order valence-electron chi connectivity index (χ2n) is 3.56. The summed E-state index contributed by atoms with van der Waals surface area (Å²) in [7, 11) is 0. The van der Waals surface area contributed by atoms with E-state index in [1.54, 1.807) is 12.2 Å². The molecular weight excluding hydrogens is 207 g/mol. The molecule has 0 radical (unpaired) electrons. The van der Waals surface area contributed by atoms with Crippen LogP contribution in [0.3, 0.4) is 0 Å². The van der Waals surface area contributed by atoms with E-state index in [-0.39, 0.29) is 5.78 Å². The molecule has 0 bridgehead atoms. The second-order valence-corrected chi connectivity index (χ2v) is 4.66. The average molecular weight is 219 g/mol. The van der Waals surface area contributed by atoms with Gasteiger partial charge in [-0.05, 0) is 32.9 Å². The van der Waals surface area contributed by atoms with Gasteiger partial charge in [0.1, 0.15) is 4.84 Å². The molecule has 0 heterocycles. The first kappa shape index (κ1) is 10.8. The number of allylic oxidation sites excluding steroid dienone is 4. The Morgan fingerprint density at radius 3 is 1.92 bits per heavy atom. The van der Waals surface area contributed by atoms with E-state index in [9.17, 15) is 4.79 Å². The molecule has 0 unspecified atom stereocenters. The summed E-state index contributed by atoms with van der Waals surface area (Å²) in [5, 5.41) is 0. The molecular formula is C10H12Cl2O. The van der Waals surface area contributed by atoms with Crippen molar-refractivity contribution >= 4 is 29.0 Å². The summed E-state index contributed by atoms with van der Waals surface area (Å²) >= 11 is 11.8. The standard InChI is InChI=1S/C10H12Cl2O/c1-6-4-8(13)5-7(2)10(6,3)9(11)12/h4-5,9H,1-3H3. The van der Waals surface area contributed by atoms with Gasteiger partial charge in [0.15, 0.2) is 5.78 Å². The van der Waals surface area contributed by atoms with Gasteiger partial charge in [0.2, 0.25) is 0 Å². The lowest BCUT2D eigenvalue weighted by Crippen LogP contribution is -2.30. The molecule has 0 atom stereocenters. The van der Waals surface area contributed by atoms with Crippen molar-refractivity contribution in [3.63, 3.8) is 0 Å². The fraction of sp³-hybridized carbons (Fsp3) is 0.500. The summed E-state index contributed by atoms with van der Waals surface area (Å²) in [6, 6.07) is 0. The van der Waals surface area contributed by atoms with Crippen LogP contribution >= 0.6 is 23.2 Å². The molecule has 1 nitrogen and oxygen atoms in total. The molecule has 0 N–H and O–H groups in total. The van der Waals surface area contributed by atoms with Crippen LogP contribution < -0.4 is 0 Å². The number of alkyl halides is 2. The van der Waals surface area contributed by atoms with Gasteiger partial charge in [0.05, 0.1) is 0 Å². The number of rotatable bonds is 1. The highest BCUT2D eigenvalue weighted by molar-refractivity contribution is 6.45. The molecule has 72 valence electrons. The fourth-order valence-corrected chi connectivity index (χ4v) is 2.11. The molecule has 0 aromatic rings. The van der Waals surface area contributed by atoms with Crippen molar-refractivity contribution in [2.45, 2.75) is 25.6 Å². The molecule has 1 aliphatic carbocycles. The van der Waals surface area contributed by atoms with E-state index < -0.39 is 10.3 Å². The predicted octanol–water partition coefficient (Wildman–Crippen LogP) is 3.27. The number of halogens is 2. The van der Waals surface area contributed by atoms with Gasteiger partial charge in [-0.2, -0.15) is 0 Å². The van der Waals surface area contributed by atoms with E-state index in [0.717, 1.165) is 11.1 Å². The minimum Gasteiger partial charge on any atom is -0.290 e. The molecule has 3 heteroatoms. The zero-order chi connectivity index (χ0) is 10.2. The molecule has 0 spiro atoms. The average Bonchev–Trinajstić information content (AvgIpc) is 1.99. The van der Waals surface area contributed by atoms with Crippen LogP contribution in [0.25, 0.3) is 0 Å². The second kappa shape index (κ2) is 3.47. The number of hydrogen-bond acceptors (Lipinski definition) is 1. The lowest BCUT2D eigenvalue weighted by molar-refractivity contribution is -0.110. The third-order valence-electron chi connectivity index (χ3n) is 2.79. The lowest BCUT2D eigenvalue weighted by Gasteiger charge is -2.35. The maximum absolute atomic E-state index is 11.2. The Balaban J connectivity index is 3.18. The quantitative estimate of drug-likeness (QED) is 0.618. The highest BCUT2D eigenvalue weighted by Crippen LogP contribution is 2.44. The third-order valence-corrected chi connectivity index (χ3v) is 3.67. The van der Waals surface area contributed by atoms with E-state index in [0.29, 0.717) is 0 Å². The van der Waals surface area contributed by atoms with E-state index in [4.69, 9.17) is 23.2 Å². The van der Waals surface area contributed by atoms with E-state index in [1.807, 2.05) is 20.8 Å². The van der Waals surface area contributed by atoms with Crippen LogP contribution in [-0.4, -0.2) is 10.6 Å². The van der Waals surface area contributed by atoms with Gasteiger partial charge in [-0.3, -0.25) is 4.79 Å². The Kier molecular flexibility index (Phi) is 2.88. The van der Waals surface area contributed by atoms with Crippen LogP contribution in [0.1, 0.15) is 20.8 Å². The zero-order valence-corrected chi connectivity index (χ0v) is 9.41. The highest BCUT2D eigenvalue weighted by atomic mass is 35.5. The van der Waals surface area contributed by atoms with Crippen molar-refractivity contribution in [1.82, 2.24) is 0 Å². The van der Waals surface area contributed by atoms with Crippen molar-refractivity contribution < 1.29 is 4.79 Å². The molecule has 0 amide bonds. The number of carbonyl (C=O) groups is 1. The normalized spacial score (nSPS) is 21.5. The van der Waals surface area contributed by atoms with Gasteiger partial charge in [0, 0.05) is 5.41 Å². The van der Waals surface area contributed by atoms with Crippen LogP contribution in [0.2, 0.25) is 0 Å². The van der Waals surface area contributed by atoms with Crippen molar-refractivity contribution in [2.75, 3.05) is 0 Å². The largest absolute Gasteiger partial charge is 0.290 e. The summed E-state index contributed by atoms with van der Waals surface area (Å²) in [6.07, 6.45) is 3.18. The Labute approximate surface area is 88.4 Å². The highest BCUT2D eigenvalue weighted by Gasteiger charge is 2.37. The minimum atomic E-state index is -0.520. The van der Waals surface area contributed by atoms with Crippen LogP contribution in [-0.2, 0) is 4.79 Å². The maximum atomic E-state index is 11.2. The molecule has 0 fully saturated rings. The molecule has 1 aliphatic rings. The lowest BCUT2D eigenvalue weighted by atomic mass is 9.74. The third kappa shape index (κ3) is 1.68. The Hall–Kier alpha value is -0.270. The smallest absolute Gasteiger partial charge is 0.178 e. The fourth-order valence-electron chi connectivity index (χ4n) is 1.42. The van der Waals surface area contributed by atoms with E-state index in [1.165, 1.54) is 0 Å². The van der Waals surface area contributed by atoms with Crippen LogP contribution in [0, 0.1) is 5.41 Å². The van der Waals surface area contributed by atoms with Crippen LogP contribution in [0.15, 0.2) is 23.3 Å². The number of ketones is 1. The Morgan fingerprint density at radius 2 is 1.62 bits per heavy atom. The number of carbonyl (C=O) groups excluding carboxylic acids is 1. The Bertz CT molecular complexity index is 278. The van der Waals surface area contributed by atoms with Crippen molar-refractivity contribution in [3.8, 4) is 0 Å². The van der Waals surface area contributed by atoms with Crippen LogP contribution in [0.4, 0.5) is 0 Å². The molecule has 0 aliphatic heterocycles. The molecule has 0 saturated heterocycles. The molecule has 0 aromatic carbocycles. The first-order valence-electron chi connectivity index (χ1n) is 4.08. The van der Waals surface area contributed by atoms with Gasteiger partial charge >= 0.3 is 0 Å². The molecule has 13 heavy (non-hydrogen) atoms. The topological polar surface area (TPSA) is 17.1 Å². The summed E-state index contributed by atoms with van der Waals surface area (Å²) in [6.45, 7) is 5.71. The Morgan fingerprint density at radius 1 is 1.23 bits per heavy atom. The summed E-state index contributed by atoms with van der Waals surface area (Å²) < 4.78 is 0. The molecule has 1 rings (SSSR count). The first-order valence-corrected chi connectivity index (χ1v) is 4.96. The van der Waals surface area contributed by atoms with Gasteiger partial charge in [-0.1, -0.05) is 11.1 Å². The van der Waals surface area contributed by atoms with Crippen LogP contribution in [0.5, 0.6) is 0 Å². The van der Waals surface area contributed by atoms with Gasteiger partial charge in [-0.25, -0.2) is 0 Å². The van der Waals surface area contributed by atoms with E-state index >= 15 is 0 Å². The zero-order valence-electron chi connectivity index (χ0n) is 7.90. The van der Waals surface area contributed by atoms with E-state index in [2.05, 4.69) is 0 Å². The predicted molar refractivity (Wildman–Crippen MR) is 56.1 cm³/mol. The summed E-state index contributed by atoms with van der Waals surface area (Å²) in [5.74, 6) is 0.0152. The van der Waals surface area contributed by atoms with Gasteiger partial charge < -0.3 is 0 Å². The molecule has 0 saturated carbocycles. The molecule has 0 aromatic heterocycles. The number of hydrogen-bond donors (Lipinski definition) is 0. The van der Waals surface area contributed by atoms with Crippen molar-refractivity contribution in [3.05, 3.63) is 23.3 Å². The maximum Gasteiger partial charge on any atom is 0.178 e. The monoisotopic (exact) mass is 218 g/mol.